The number of carbonyl (C=O) groups excluding carboxylic acids is 1. The molecule has 1 amide bonds. The normalized spacial score (nSPS) is 12.0. The van der Waals surface area contributed by atoms with Gasteiger partial charge in [0.15, 0.2) is 5.69 Å². The van der Waals surface area contributed by atoms with Gasteiger partial charge in [0.2, 0.25) is 10.0 Å². The second kappa shape index (κ2) is 7.09. The monoisotopic (exact) mass is 410 g/mol. The van der Waals surface area contributed by atoms with Crippen LogP contribution in [0.4, 0.5) is 18.9 Å². The molecule has 11 heteroatoms. The second-order valence-electron chi connectivity index (χ2n) is 5.68. The van der Waals surface area contributed by atoms with E-state index in [-0.39, 0.29) is 16.1 Å². The molecule has 0 saturated heterocycles. The molecule has 0 spiro atoms. The van der Waals surface area contributed by atoms with Crippen LogP contribution in [0.1, 0.15) is 16.1 Å². The Labute approximate surface area is 157 Å². The predicted molar refractivity (Wildman–Crippen MR) is 94.3 cm³/mol. The maximum Gasteiger partial charge on any atom is 0.435 e. The lowest BCUT2D eigenvalue weighted by Crippen LogP contribution is -2.19. The van der Waals surface area contributed by atoms with Gasteiger partial charge in [0.25, 0.3) is 5.91 Å². The van der Waals surface area contributed by atoms with E-state index in [1.165, 1.54) is 12.1 Å². The average Bonchev–Trinajstić information content (AvgIpc) is 3.06. The van der Waals surface area contributed by atoms with E-state index >= 15 is 0 Å². The smallest absolute Gasteiger partial charge is 0.319 e. The molecule has 2 aromatic carbocycles. The number of nitrogens with two attached hydrogens (primary N) is 1. The number of nitrogens with one attached hydrogen (secondary N) is 1. The Morgan fingerprint density at radius 1 is 1.04 bits per heavy atom. The summed E-state index contributed by atoms with van der Waals surface area (Å²) in [5.74, 6) is -0.727. The Balaban J connectivity index is 2.01. The number of hydrogen-bond acceptors (Lipinski definition) is 4. The summed E-state index contributed by atoms with van der Waals surface area (Å²) in [5.41, 5.74) is -1.61. The number of alkyl halides is 3. The van der Waals surface area contributed by atoms with E-state index in [9.17, 15) is 26.4 Å². The number of primary sulfonamides is 1. The van der Waals surface area contributed by atoms with Crippen molar-refractivity contribution >= 4 is 21.6 Å². The zero-order valence-electron chi connectivity index (χ0n) is 14.0. The van der Waals surface area contributed by atoms with Gasteiger partial charge in [-0.25, -0.2) is 18.2 Å². The number of anilines is 1. The van der Waals surface area contributed by atoms with Gasteiger partial charge < -0.3 is 5.32 Å². The van der Waals surface area contributed by atoms with E-state index in [4.69, 9.17) is 5.14 Å². The van der Waals surface area contributed by atoms with Crippen molar-refractivity contribution in [3.8, 4) is 5.69 Å². The molecular weight excluding hydrogens is 397 g/mol. The van der Waals surface area contributed by atoms with Crippen LogP contribution >= 0.6 is 0 Å². The largest absolute Gasteiger partial charge is 0.435 e. The lowest BCUT2D eigenvalue weighted by molar-refractivity contribution is -0.142. The molecule has 0 radical (unpaired) electrons. The lowest BCUT2D eigenvalue weighted by Gasteiger charge is -2.13. The molecule has 0 fully saturated rings. The first-order valence-corrected chi connectivity index (χ1v) is 9.27. The Kier molecular flexibility index (Phi) is 4.96. The van der Waals surface area contributed by atoms with Crippen LogP contribution in [-0.4, -0.2) is 24.1 Å². The first-order valence-electron chi connectivity index (χ1n) is 7.72. The maximum absolute atomic E-state index is 13.6. The quantitative estimate of drug-likeness (QED) is 0.690. The van der Waals surface area contributed by atoms with Crippen LogP contribution in [0.3, 0.4) is 0 Å². The van der Waals surface area contributed by atoms with Crippen LogP contribution in [0.2, 0.25) is 0 Å². The summed E-state index contributed by atoms with van der Waals surface area (Å²) in [7, 11) is -3.99. The molecule has 0 aliphatic heterocycles. The third-order valence-electron chi connectivity index (χ3n) is 3.73. The summed E-state index contributed by atoms with van der Waals surface area (Å²) in [6.07, 6.45) is -3.97. The van der Waals surface area contributed by atoms with Crippen molar-refractivity contribution < 1.29 is 26.4 Å². The van der Waals surface area contributed by atoms with Gasteiger partial charge in [-0.15, -0.1) is 0 Å². The Hall–Kier alpha value is -3.18. The molecule has 28 heavy (non-hydrogen) atoms. The third-order valence-corrected chi connectivity index (χ3v) is 4.66. The van der Waals surface area contributed by atoms with E-state index in [1.807, 2.05) is 0 Å². The van der Waals surface area contributed by atoms with Gasteiger partial charge in [-0.2, -0.15) is 18.3 Å². The van der Waals surface area contributed by atoms with Crippen LogP contribution in [0.25, 0.3) is 5.69 Å². The second-order valence-corrected chi connectivity index (χ2v) is 7.24. The fourth-order valence-corrected chi connectivity index (χ4v) is 2.98. The van der Waals surface area contributed by atoms with Gasteiger partial charge in [-0.1, -0.05) is 18.2 Å². The van der Waals surface area contributed by atoms with Crippen molar-refractivity contribution in [2.24, 2.45) is 5.14 Å². The zero-order chi connectivity index (χ0) is 20.5. The molecule has 0 aliphatic rings. The van der Waals surface area contributed by atoms with Gasteiger partial charge in [0.05, 0.1) is 22.5 Å². The number of hydrogen-bond donors (Lipinski definition) is 2. The molecule has 3 N–H and O–H groups in total. The molecule has 3 aromatic rings. The molecule has 0 saturated carbocycles. The van der Waals surface area contributed by atoms with Crippen molar-refractivity contribution in [3.63, 3.8) is 0 Å². The summed E-state index contributed by atoms with van der Waals surface area (Å²) >= 11 is 0. The van der Waals surface area contributed by atoms with Crippen LogP contribution in [-0.2, 0) is 16.2 Å². The molecule has 0 atom stereocenters. The van der Waals surface area contributed by atoms with Crippen LogP contribution in [0, 0.1) is 0 Å². The highest BCUT2D eigenvalue weighted by molar-refractivity contribution is 7.89. The van der Waals surface area contributed by atoms with E-state index in [0.29, 0.717) is 4.68 Å². The van der Waals surface area contributed by atoms with E-state index in [2.05, 4.69) is 10.4 Å². The Bertz CT molecular complexity index is 1110. The van der Waals surface area contributed by atoms with Crippen molar-refractivity contribution in [2.75, 3.05) is 5.32 Å². The van der Waals surface area contributed by atoms with Gasteiger partial charge in [0, 0.05) is 5.56 Å². The van der Waals surface area contributed by atoms with Gasteiger partial charge in [0.1, 0.15) is 0 Å². The Morgan fingerprint density at radius 2 is 1.64 bits per heavy atom. The maximum atomic E-state index is 13.6. The minimum absolute atomic E-state index is 0.0556. The topological polar surface area (TPSA) is 107 Å². The SMILES string of the molecule is NS(=O)(=O)c1ccc(-n2ncc(NC(=O)c3ccccc3)c2C(F)(F)F)cc1. The molecule has 0 unspecified atom stereocenters. The van der Waals surface area contributed by atoms with Crippen LogP contribution in [0.5, 0.6) is 0 Å². The highest BCUT2D eigenvalue weighted by Crippen LogP contribution is 2.36. The van der Waals surface area contributed by atoms with Gasteiger partial charge in [-0.05, 0) is 36.4 Å². The van der Waals surface area contributed by atoms with Gasteiger partial charge in [-0.3, -0.25) is 4.79 Å². The predicted octanol–water partition coefficient (Wildman–Crippen LogP) is 2.79. The first-order chi connectivity index (χ1) is 13.1. The molecule has 1 aromatic heterocycles. The summed E-state index contributed by atoms with van der Waals surface area (Å²) in [6.45, 7) is 0. The third kappa shape index (κ3) is 4.05. The highest BCUT2D eigenvalue weighted by Gasteiger charge is 2.39. The van der Waals surface area contributed by atoms with Crippen LogP contribution in [0.15, 0.2) is 65.7 Å². The number of aromatic nitrogens is 2. The van der Waals surface area contributed by atoms with Crippen LogP contribution < -0.4 is 10.5 Å². The average molecular weight is 410 g/mol. The number of carbonyl (C=O) groups is 1. The highest BCUT2D eigenvalue weighted by atomic mass is 32.2. The van der Waals surface area contributed by atoms with Gasteiger partial charge >= 0.3 is 6.18 Å². The summed E-state index contributed by atoms with van der Waals surface area (Å²) in [6, 6.07) is 12.1. The number of nitrogens with zero attached hydrogens (tertiary/aromatic N) is 2. The van der Waals surface area contributed by atoms with E-state index < -0.39 is 33.5 Å². The first kappa shape index (κ1) is 19.6. The lowest BCUT2D eigenvalue weighted by atomic mass is 10.2. The standard InChI is InChI=1S/C17H13F3N4O3S/c18-17(19,20)15-14(23-16(25)11-4-2-1-3-5-11)10-22-24(15)12-6-8-13(9-7-12)28(21,26)27/h1-10H,(H,23,25)(H2,21,26,27). The molecule has 0 aliphatic carbocycles. The fraction of sp³-hybridized carbons (Fsp3) is 0.0588. The minimum Gasteiger partial charge on any atom is -0.319 e. The number of halogens is 3. The van der Waals surface area contributed by atoms with Crippen molar-refractivity contribution in [1.29, 1.82) is 0 Å². The fourth-order valence-electron chi connectivity index (χ4n) is 2.47. The van der Waals surface area contributed by atoms with E-state index in [0.717, 1.165) is 30.5 Å². The summed E-state index contributed by atoms with van der Waals surface area (Å²) in [4.78, 5) is 11.9. The number of amides is 1. The molecular formula is C17H13F3N4O3S. The molecule has 0 bridgehead atoms. The molecule has 1 heterocycles. The van der Waals surface area contributed by atoms with Crippen molar-refractivity contribution in [2.45, 2.75) is 11.1 Å². The van der Waals surface area contributed by atoms with E-state index in [1.54, 1.807) is 18.2 Å². The minimum atomic E-state index is -4.84. The number of sulfonamides is 1. The number of rotatable bonds is 4. The number of benzene rings is 2. The van der Waals surface area contributed by atoms with Crippen molar-refractivity contribution in [1.82, 2.24) is 9.78 Å². The summed E-state index contributed by atoms with van der Waals surface area (Å²) < 4.78 is 64.0. The Morgan fingerprint density at radius 3 is 2.18 bits per heavy atom. The molecule has 7 nitrogen and oxygen atoms in total. The zero-order valence-corrected chi connectivity index (χ0v) is 14.8. The molecule has 3 rings (SSSR count). The van der Waals surface area contributed by atoms with Crippen molar-refractivity contribution in [3.05, 3.63) is 72.1 Å². The summed E-state index contributed by atoms with van der Waals surface area (Å²) in [5, 5.41) is 10.9. The molecule has 146 valence electrons.